The van der Waals surface area contributed by atoms with Crippen molar-refractivity contribution in [1.29, 1.82) is 5.26 Å². The molecule has 1 aliphatic carbocycles. The van der Waals surface area contributed by atoms with Gasteiger partial charge >= 0.3 is 0 Å². The predicted molar refractivity (Wildman–Crippen MR) is 167 cm³/mol. The van der Waals surface area contributed by atoms with E-state index in [1.165, 1.54) is 67.1 Å². The molecule has 2 atom stereocenters. The number of aryl methyl sites for hydroxylation is 2. The molecule has 0 bridgehead atoms. The van der Waals surface area contributed by atoms with Gasteiger partial charge in [0.15, 0.2) is 0 Å². The molecule has 8 heteroatoms. The van der Waals surface area contributed by atoms with Crippen molar-refractivity contribution in [3.05, 3.63) is 59.1 Å². The van der Waals surface area contributed by atoms with Crippen LogP contribution in [0.25, 0.3) is 0 Å². The van der Waals surface area contributed by atoms with Crippen LogP contribution >= 0.6 is 0 Å². The second-order valence-electron chi connectivity index (χ2n) is 12.5. The number of aromatic nitrogens is 2. The Bertz CT molecular complexity index is 1350. The number of rotatable bonds is 7. The Morgan fingerprint density at radius 1 is 1.02 bits per heavy atom. The molecule has 1 aromatic carbocycles. The fraction of sp³-hybridized carbons (Fsp3) is 0.588. The van der Waals surface area contributed by atoms with Gasteiger partial charge in [-0.05, 0) is 94.6 Å². The minimum Gasteiger partial charge on any atom is -0.365 e. The quantitative estimate of drug-likeness (QED) is 0.458. The number of nitriles is 1. The molecule has 2 aromatic rings. The summed E-state index contributed by atoms with van der Waals surface area (Å²) in [6.45, 7) is 8.55. The van der Waals surface area contributed by atoms with Gasteiger partial charge in [0.1, 0.15) is 11.6 Å². The van der Waals surface area contributed by atoms with E-state index in [-0.39, 0.29) is 11.9 Å². The summed E-state index contributed by atoms with van der Waals surface area (Å²) >= 11 is 0. The molecule has 0 spiro atoms. The Balaban J connectivity index is 1.33. The Labute approximate surface area is 251 Å². The van der Waals surface area contributed by atoms with Crippen molar-refractivity contribution in [1.82, 2.24) is 19.8 Å². The Kier molecular flexibility index (Phi) is 8.76. The molecule has 0 unspecified atom stereocenters. The van der Waals surface area contributed by atoms with E-state index < -0.39 is 0 Å². The lowest BCUT2D eigenvalue weighted by atomic mass is 9.90. The zero-order chi connectivity index (χ0) is 29.1. The number of likely N-dealkylation sites (tertiary alicyclic amines) is 1. The predicted octanol–water partition coefficient (Wildman–Crippen LogP) is 4.45. The molecule has 0 N–H and O–H groups in total. The molecule has 3 aliphatic heterocycles. The van der Waals surface area contributed by atoms with Crippen LogP contribution in [0.1, 0.15) is 73.2 Å². The van der Waals surface area contributed by atoms with Gasteiger partial charge in [0.05, 0.1) is 30.8 Å². The lowest BCUT2D eigenvalue weighted by molar-refractivity contribution is -0.128. The lowest BCUT2D eigenvalue weighted by Crippen LogP contribution is -2.55. The summed E-state index contributed by atoms with van der Waals surface area (Å²) in [6, 6.07) is 9.60. The molecule has 2 saturated heterocycles. The molecule has 6 rings (SSSR count). The third-order valence-electron chi connectivity index (χ3n) is 9.96. The number of benzene rings is 1. The highest BCUT2D eigenvalue weighted by Crippen LogP contribution is 2.35. The zero-order valence-corrected chi connectivity index (χ0v) is 25.2. The molecule has 0 saturated carbocycles. The molecule has 222 valence electrons. The first-order valence-corrected chi connectivity index (χ1v) is 16.0. The number of carbonyl (C=O) groups is 1. The number of fused-ring (bicyclic) bond motifs is 2. The van der Waals surface area contributed by atoms with E-state index in [2.05, 4.69) is 52.6 Å². The van der Waals surface area contributed by atoms with Crippen molar-refractivity contribution < 1.29 is 4.79 Å². The third-order valence-corrected chi connectivity index (χ3v) is 9.96. The maximum absolute atomic E-state index is 12.6. The summed E-state index contributed by atoms with van der Waals surface area (Å²) in [6.07, 6.45) is 13.0. The second kappa shape index (κ2) is 12.8. The van der Waals surface area contributed by atoms with Gasteiger partial charge in [-0.3, -0.25) is 4.79 Å². The van der Waals surface area contributed by atoms with Crippen molar-refractivity contribution in [2.75, 3.05) is 49.6 Å². The summed E-state index contributed by atoms with van der Waals surface area (Å²) < 4.78 is 0. The largest absolute Gasteiger partial charge is 0.365 e. The van der Waals surface area contributed by atoms with Crippen LogP contribution in [-0.4, -0.2) is 77.5 Å². The Morgan fingerprint density at radius 2 is 1.88 bits per heavy atom. The third kappa shape index (κ3) is 5.89. The minimum atomic E-state index is -0.173. The van der Waals surface area contributed by atoms with Crippen LogP contribution < -0.4 is 9.80 Å². The SMILES string of the molecule is C=CC(=O)N1CCN(c2nc(CC[C@@H]3CCCN3C)nc3c2CCCN(c2cccc4c2CCCC4)C3)C[C@@H]1CC#N. The number of nitrogens with zero attached hydrogens (tertiary/aromatic N) is 7. The van der Waals surface area contributed by atoms with Gasteiger partial charge in [0.25, 0.3) is 0 Å². The monoisotopic (exact) mass is 567 g/mol. The van der Waals surface area contributed by atoms with E-state index in [0.717, 1.165) is 62.5 Å². The van der Waals surface area contributed by atoms with Gasteiger partial charge in [-0.15, -0.1) is 0 Å². The van der Waals surface area contributed by atoms with Crippen molar-refractivity contribution in [2.45, 2.75) is 89.3 Å². The molecule has 4 aliphatic rings. The fourth-order valence-electron chi connectivity index (χ4n) is 7.67. The average Bonchev–Trinajstić information content (AvgIpc) is 3.31. The average molecular weight is 568 g/mol. The van der Waals surface area contributed by atoms with E-state index in [1.54, 1.807) is 0 Å². The van der Waals surface area contributed by atoms with Crippen LogP contribution in [0.2, 0.25) is 0 Å². The number of carbonyl (C=O) groups excluding carboxylic acids is 1. The van der Waals surface area contributed by atoms with Gasteiger partial charge < -0.3 is 19.6 Å². The summed E-state index contributed by atoms with van der Waals surface area (Å²) in [4.78, 5) is 32.3. The molecule has 2 fully saturated rings. The number of amides is 1. The van der Waals surface area contributed by atoms with E-state index in [9.17, 15) is 10.1 Å². The highest BCUT2D eigenvalue weighted by molar-refractivity contribution is 5.87. The molecule has 0 radical (unpaired) electrons. The van der Waals surface area contributed by atoms with Crippen LogP contribution in [0.3, 0.4) is 0 Å². The van der Waals surface area contributed by atoms with Crippen LogP contribution in [0.4, 0.5) is 11.5 Å². The maximum atomic E-state index is 12.6. The maximum Gasteiger partial charge on any atom is 0.246 e. The number of hydrogen-bond donors (Lipinski definition) is 0. The summed E-state index contributed by atoms with van der Waals surface area (Å²) in [5.74, 6) is 1.86. The Morgan fingerprint density at radius 3 is 2.69 bits per heavy atom. The Hall–Kier alpha value is -3.44. The van der Waals surface area contributed by atoms with Crippen LogP contribution in [-0.2, 0) is 37.0 Å². The first-order valence-electron chi connectivity index (χ1n) is 16.0. The highest BCUT2D eigenvalue weighted by Gasteiger charge is 2.33. The van der Waals surface area contributed by atoms with Crippen LogP contribution in [0.15, 0.2) is 30.9 Å². The molecular weight excluding hydrogens is 522 g/mol. The number of piperazine rings is 1. The number of anilines is 2. The molecular formula is C34H45N7O. The van der Waals surface area contributed by atoms with E-state index in [4.69, 9.17) is 9.97 Å². The fourth-order valence-corrected chi connectivity index (χ4v) is 7.67. The van der Waals surface area contributed by atoms with Crippen molar-refractivity contribution >= 4 is 17.4 Å². The second-order valence-corrected chi connectivity index (χ2v) is 12.5. The van der Waals surface area contributed by atoms with Gasteiger partial charge in [-0.1, -0.05) is 18.7 Å². The van der Waals surface area contributed by atoms with Gasteiger partial charge in [0, 0.05) is 49.9 Å². The molecule has 4 heterocycles. The number of hydrogen-bond acceptors (Lipinski definition) is 7. The lowest BCUT2D eigenvalue weighted by Gasteiger charge is -2.41. The summed E-state index contributed by atoms with van der Waals surface area (Å²) in [5, 5.41) is 9.57. The zero-order valence-electron chi connectivity index (χ0n) is 25.2. The summed E-state index contributed by atoms with van der Waals surface area (Å²) in [5.41, 5.74) is 6.85. The van der Waals surface area contributed by atoms with E-state index in [0.29, 0.717) is 32.1 Å². The first kappa shape index (κ1) is 28.7. The molecule has 1 amide bonds. The topological polar surface area (TPSA) is 79.6 Å². The van der Waals surface area contributed by atoms with Crippen molar-refractivity contribution in [3.63, 3.8) is 0 Å². The molecule has 1 aromatic heterocycles. The van der Waals surface area contributed by atoms with Crippen LogP contribution in [0, 0.1) is 11.3 Å². The van der Waals surface area contributed by atoms with Gasteiger partial charge in [-0.2, -0.15) is 5.26 Å². The highest BCUT2D eigenvalue weighted by atomic mass is 16.2. The summed E-state index contributed by atoms with van der Waals surface area (Å²) in [7, 11) is 2.23. The molecule has 8 nitrogen and oxygen atoms in total. The normalized spacial score (nSPS) is 22.7. The van der Waals surface area contributed by atoms with E-state index >= 15 is 0 Å². The van der Waals surface area contributed by atoms with Crippen LogP contribution in [0.5, 0.6) is 0 Å². The smallest absolute Gasteiger partial charge is 0.246 e. The van der Waals surface area contributed by atoms with Gasteiger partial charge in [0.2, 0.25) is 5.91 Å². The van der Waals surface area contributed by atoms with Gasteiger partial charge in [-0.25, -0.2) is 9.97 Å². The minimum absolute atomic E-state index is 0.0976. The van der Waals surface area contributed by atoms with Crippen molar-refractivity contribution in [2.24, 2.45) is 0 Å². The van der Waals surface area contributed by atoms with Crippen molar-refractivity contribution in [3.8, 4) is 6.07 Å². The standard InChI is InChI=1S/C34H45N7O/c1-3-33(42)41-22-21-40(23-27(41)17-18-35)34-29-13-8-20-39(31-14-6-10-25-9-4-5-12-28(25)31)24-30(29)36-32(37-34)16-15-26-11-7-19-38(26)2/h3,6,10,14,26-27H,1,4-5,7-9,11-13,15-17,19-24H2,2H3/t26-,27-/m0/s1. The van der Waals surface area contributed by atoms with E-state index in [1.807, 2.05) is 4.90 Å². The molecule has 42 heavy (non-hydrogen) atoms. The first-order chi connectivity index (χ1) is 20.6.